The second kappa shape index (κ2) is 9.06. The van der Waals surface area contributed by atoms with Crippen molar-refractivity contribution in [1.82, 2.24) is 0 Å². The first-order chi connectivity index (χ1) is 8.40. The van der Waals surface area contributed by atoms with Crippen LogP contribution in [0.15, 0.2) is 18.2 Å². The highest BCUT2D eigenvalue weighted by atomic mass is 32.2. The molecule has 0 saturated carbocycles. The number of hydrogen-bond acceptors (Lipinski definition) is 4. The van der Waals surface area contributed by atoms with Gasteiger partial charge in [0.2, 0.25) is 0 Å². The number of nitrogens with one attached hydrogen (secondary N) is 1. The molecule has 108 valence electrons. The van der Waals surface area contributed by atoms with Gasteiger partial charge in [0.05, 0.1) is 11.1 Å². The number of carbonyl (C=O) groups is 2. The molecule has 3 N–H and O–H groups in total. The summed E-state index contributed by atoms with van der Waals surface area (Å²) in [5.74, 6) is -2.69. The van der Waals surface area contributed by atoms with Crippen molar-refractivity contribution in [1.29, 1.82) is 0 Å². The zero-order valence-electron chi connectivity index (χ0n) is 9.67. The maximum atomic E-state index is 10.6. The molecule has 0 amide bonds. The number of carboxylic acid groups (broad SMARTS) is 2. The van der Waals surface area contributed by atoms with Crippen molar-refractivity contribution >= 4 is 28.9 Å². The van der Waals surface area contributed by atoms with Gasteiger partial charge in [0.1, 0.15) is 0 Å². The molecular formula is C11H16NO6S-. The van der Waals surface area contributed by atoms with Crippen LogP contribution in [0.3, 0.4) is 0 Å². The van der Waals surface area contributed by atoms with E-state index in [1.54, 1.807) is 0 Å². The van der Waals surface area contributed by atoms with Gasteiger partial charge >= 0.3 is 11.9 Å². The van der Waals surface area contributed by atoms with Crippen LogP contribution in [0.25, 0.3) is 0 Å². The first-order valence-electron chi connectivity index (χ1n) is 4.87. The Labute approximate surface area is 113 Å². The topological polar surface area (TPSA) is 127 Å². The predicted molar refractivity (Wildman–Crippen MR) is 71.0 cm³/mol. The predicted octanol–water partition coefficient (Wildman–Crippen LogP) is 1.95. The van der Waals surface area contributed by atoms with Gasteiger partial charge < -0.3 is 19.5 Å². The molecule has 0 saturated heterocycles. The van der Waals surface area contributed by atoms with Gasteiger partial charge in [-0.2, -0.15) is 0 Å². The third kappa shape index (κ3) is 6.53. The average molecular weight is 290 g/mol. The minimum Gasteiger partial charge on any atom is -0.755 e. The van der Waals surface area contributed by atoms with Crippen molar-refractivity contribution < 1.29 is 28.6 Å². The fourth-order valence-electron chi connectivity index (χ4n) is 1.03. The Kier molecular flexibility index (Phi) is 9.26. The molecule has 1 aromatic carbocycles. The van der Waals surface area contributed by atoms with Gasteiger partial charge in [0, 0.05) is 17.0 Å². The van der Waals surface area contributed by atoms with Crippen LogP contribution in [-0.4, -0.2) is 30.9 Å². The number of anilines is 1. The molecule has 1 unspecified atom stereocenters. The highest BCUT2D eigenvalue weighted by molar-refractivity contribution is 7.80. The Balaban J connectivity index is 0. The number of carboxylic acids is 2. The lowest BCUT2D eigenvalue weighted by Gasteiger charge is -2.10. The van der Waals surface area contributed by atoms with Gasteiger partial charge in [-0.3, -0.25) is 4.21 Å². The fraction of sp³-hybridized carbons (Fsp3) is 0.273. The van der Waals surface area contributed by atoms with E-state index in [0.717, 1.165) is 18.2 Å². The number of aromatic carboxylic acids is 2. The Morgan fingerprint density at radius 1 is 1.11 bits per heavy atom. The second-order valence-electron chi connectivity index (χ2n) is 2.75. The van der Waals surface area contributed by atoms with Crippen LogP contribution < -0.4 is 4.72 Å². The first kappa shape index (κ1) is 19.4. The maximum absolute atomic E-state index is 10.6. The summed E-state index contributed by atoms with van der Waals surface area (Å²) >= 11 is -2.65. The molecule has 0 fully saturated rings. The molecule has 19 heavy (non-hydrogen) atoms. The van der Waals surface area contributed by atoms with Gasteiger partial charge in [-0.15, -0.1) is 0 Å². The molecule has 0 bridgehead atoms. The molecule has 8 heteroatoms. The molecule has 1 aromatic rings. The number of benzene rings is 1. The summed E-state index contributed by atoms with van der Waals surface area (Å²) in [5, 5.41) is 17.3. The van der Waals surface area contributed by atoms with E-state index >= 15 is 0 Å². The normalized spacial score (nSPS) is 10.3. The van der Waals surface area contributed by atoms with Crippen molar-refractivity contribution in [3.63, 3.8) is 0 Å². The Morgan fingerprint density at radius 2 is 1.47 bits per heavy atom. The Hall–Kier alpha value is -1.93. The summed E-state index contributed by atoms with van der Waals surface area (Å²) in [4.78, 5) is 21.3. The lowest BCUT2D eigenvalue weighted by molar-refractivity contribution is 0.0696. The van der Waals surface area contributed by atoms with E-state index in [-0.39, 0.29) is 24.2 Å². The summed E-state index contributed by atoms with van der Waals surface area (Å²) in [6.45, 7) is 4.00. The van der Waals surface area contributed by atoms with E-state index < -0.39 is 23.2 Å². The highest BCUT2D eigenvalue weighted by Crippen LogP contribution is 2.15. The van der Waals surface area contributed by atoms with Gasteiger partial charge in [0.15, 0.2) is 0 Å². The molecule has 0 heterocycles. The van der Waals surface area contributed by atoms with E-state index in [2.05, 4.69) is 0 Å². The smallest absolute Gasteiger partial charge is 0.335 e. The van der Waals surface area contributed by atoms with Gasteiger partial charge in [-0.05, 0) is 18.2 Å². The largest absolute Gasteiger partial charge is 0.755 e. The molecular weight excluding hydrogens is 274 g/mol. The van der Waals surface area contributed by atoms with Crippen LogP contribution in [0.4, 0.5) is 5.69 Å². The third-order valence-electron chi connectivity index (χ3n) is 1.63. The molecule has 0 aliphatic carbocycles. The maximum Gasteiger partial charge on any atom is 0.335 e. The second-order valence-corrected chi connectivity index (χ2v) is 3.42. The van der Waals surface area contributed by atoms with Crippen LogP contribution in [-0.2, 0) is 11.3 Å². The lowest BCUT2D eigenvalue weighted by Crippen LogP contribution is -2.07. The minimum atomic E-state index is -2.65. The molecule has 0 aliphatic heterocycles. The number of hydrogen-bond donors (Lipinski definition) is 3. The summed E-state index contributed by atoms with van der Waals surface area (Å²) < 4.78 is 22.5. The van der Waals surface area contributed by atoms with Crippen LogP contribution in [0, 0.1) is 0 Å². The zero-order chi connectivity index (χ0) is 14.3. The monoisotopic (exact) mass is 290 g/mol. The summed E-state index contributed by atoms with van der Waals surface area (Å²) in [7, 11) is 0. The van der Waals surface area contributed by atoms with Crippen LogP contribution in [0.1, 0.15) is 42.0 Å². The van der Waals surface area contributed by atoms with Crippen molar-refractivity contribution in [2.45, 2.75) is 21.3 Å². The van der Waals surface area contributed by atoms with E-state index in [9.17, 15) is 18.4 Å². The number of rotatable bonds is 4. The molecule has 0 radical (unpaired) electrons. The Morgan fingerprint density at radius 3 is 1.74 bits per heavy atom. The lowest BCUT2D eigenvalue weighted by atomic mass is 10.1. The standard InChI is InChI=1S/C8H7NO6S.C2H6.CH4/c10-7(11)4-1-5(8(12)13)3-6(2-4)9-16(14)15;1-2;/h1-3,9H,(H,10,11)(H,12,13)(H,14,15);1-2H3;1H4/p-1. The van der Waals surface area contributed by atoms with Crippen LogP contribution in [0.2, 0.25) is 0 Å². The minimum absolute atomic E-state index is 0. The molecule has 1 atom stereocenters. The molecule has 0 spiro atoms. The van der Waals surface area contributed by atoms with Gasteiger partial charge in [-0.1, -0.05) is 21.3 Å². The highest BCUT2D eigenvalue weighted by Gasteiger charge is 2.11. The van der Waals surface area contributed by atoms with E-state index in [1.807, 2.05) is 18.6 Å². The van der Waals surface area contributed by atoms with Gasteiger partial charge in [0.25, 0.3) is 0 Å². The zero-order valence-corrected chi connectivity index (χ0v) is 10.5. The summed E-state index contributed by atoms with van der Waals surface area (Å²) in [5.41, 5.74) is -0.744. The van der Waals surface area contributed by atoms with Crippen molar-refractivity contribution in [3.8, 4) is 0 Å². The van der Waals surface area contributed by atoms with Crippen molar-refractivity contribution in [2.75, 3.05) is 4.72 Å². The Bertz CT molecular complexity index is 442. The molecule has 0 aromatic heterocycles. The SMILES string of the molecule is C.CC.O=C(O)c1cc(NS(=O)[O-])cc(C(=O)O)c1. The molecule has 1 rings (SSSR count). The fourth-order valence-corrected chi connectivity index (χ4v) is 1.34. The van der Waals surface area contributed by atoms with E-state index in [0.29, 0.717) is 0 Å². The summed E-state index contributed by atoms with van der Waals surface area (Å²) in [6.07, 6.45) is 0. The average Bonchev–Trinajstić information content (AvgIpc) is 2.30. The van der Waals surface area contributed by atoms with Crippen molar-refractivity contribution in [2.24, 2.45) is 0 Å². The third-order valence-corrected chi connectivity index (χ3v) is 2.03. The van der Waals surface area contributed by atoms with Gasteiger partial charge in [-0.25, -0.2) is 9.59 Å². The summed E-state index contributed by atoms with van der Waals surface area (Å²) in [6, 6.07) is 2.97. The van der Waals surface area contributed by atoms with Crippen molar-refractivity contribution in [3.05, 3.63) is 29.3 Å². The quantitative estimate of drug-likeness (QED) is 0.727. The molecule has 0 aliphatic rings. The van der Waals surface area contributed by atoms with Crippen LogP contribution >= 0.6 is 0 Å². The van der Waals surface area contributed by atoms with Crippen LogP contribution in [0.5, 0.6) is 0 Å². The van der Waals surface area contributed by atoms with E-state index in [1.165, 1.54) is 0 Å². The van der Waals surface area contributed by atoms with E-state index in [4.69, 9.17) is 10.2 Å². The first-order valence-corrected chi connectivity index (χ1v) is 5.95. The molecule has 7 nitrogen and oxygen atoms in total.